The fraction of sp³-hybridized carbons (Fsp3) is 0.0588. The predicted molar refractivity (Wildman–Crippen MR) is 153 cm³/mol. The molecule has 0 fully saturated rings. The third-order valence-corrected chi connectivity index (χ3v) is 7.26. The second-order valence-corrected chi connectivity index (χ2v) is 9.61. The van der Waals surface area contributed by atoms with Gasteiger partial charge in [-0.05, 0) is 66.1 Å². The van der Waals surface area contributed by atoms with Gasteiger partial charge in [0.15, 0.2) is 16.6 Å². The molecular formula is C34H26N3O+. The first kappa shape index (κ1) is 22.3. The van der Waals surface area contributed by atoms with Gasteiger partial charge in [0.25, 0.3) is 5.82 Å². The smallest absolute Gasteiger partial charge is 0.299 e. The average Bonchev–Trinajstić information content (AvgIpc) is 3.54. The lowest BCUT2D eigenvalue weighted by Crippen LogP contribution is -2.30. The number of para-hydroxylation sites is 2. The lowest BCUT2D eigenvalue weighted by atomic mass is 10.0. The van der Waals surface area contributed by atoms with Crippen LogP contribution < -0.4 is 4.57 Å². The SMILES string of the molecule is Cc1ccc2nc(-c3ccccc3)oc2c1-c1n(-c2ccc(-c3ccccc3)cc2)c2ccccc2[n+]1C. The molecule has 0 unspecified atom stereocenters. The summed E-state index contributed by atoms with van der Waals surface area (Å²) in [6.45, 7) is 2.14. The first-order chi connectivity index (χ1) is 18.7. The van der Waals surface area contributed by atoms with Crippen molar-refractivity contribution in [2.75, 3.05) is 0 Å². The van der Waals surface area contributed by atoms with Gasteiger partial charge < -0.3 is 4.42 Å². The van der Waals surface area contributed by atoms with Crippen molar-refractivity contribution in [3.8, 4) is 39.7 Å². The highest BCUT2D eigenvalue weighted by molar-refractivity contribution is 5.93. The van der Waals surface area contributed by atoms with Gasteiger partial charge in [0.1, 0.15) is 16.8 Å². The van der Waals surface area contributed by atoms with Crippen molar-refractivity contribution in [1.82, 2.24) is 9.55 Å². The Morgan fingerprint density at radius 1 is 0.658 bits per heavy atom. The summed E-state index contributed by atoms with van der Waals surface area (Å²) in [5.74, 6) is 1.68. The molecule has 0 amide bonds. The summed E-state index contributed by atoms with van der Waals surface area (Å²) < 4.78 is 11.1. The van der Waals surface area contributed by atoms with Gasteiger partial charge in [0.2, 0.25) is 5.89 Å². The fourth-order valence-corrected chi connectivity index (χ4v) is 5.36. The molecule has 0 atom stereocenters. The molecule has 0 aliphatic rings. The zero-order valence-electron chi connectivity index (χ0n) is 21.3. The lowest BCUT2D eigenvalue weighted by Gasteiger charge is -2.08. The number of rotatable bonds is 4. The van der Waals surface area contributed by atoms with Gasteiger partial charge in [-0.1, -0.05) is 78.9 Å². The van der Waals surface area contributed by atoms with E-state index in [0.29, 0.717) is 5.89 Å². The normalized spacial score (nSPS) is 11.4. The van der Waals surface area contributed by atoms with E-state index in [1.54, 1.807) is 0 Å². The van der Waals surface area contributed by atoms with Crippen LogP contribution in [0.15, 0.2) is 126 Å². The molecule has 0 spiro atoms. The van der Waals surface area contributed by atoms with Crippen molar-refractivity contribution in [1.29, 1.82) is 0 Å². The minimum Gasteiger partial charge on any atom is -0.435 e. The Labute approximate surface area is 221 Å². The molecule has 0 saturated carbocycles. The monoisotopic (exact) mass is 492 g/mol. The van der Waals surface area contributed by atoms with E-state index in [9.17, 15) is 0 Å². The number of imidazole rings is 1. The van der Waals surface area contributed by atoms with Gasteiger partial charge >= 0.3 is 0 Å². The minimum absolute atomic E-state index is 0.630. The highest BCUT2D eigenvalue weighted by atomic mass is 16.3. The Kier molecular flexibility index (Phi) is 5.19. The Morgan fingerprint density at radius 2 is 1.29 bits per heavy atom. The van der Waals surface area contributed by atoms with Crippen molar-refractivity contribution in [3.05, 3.63) is 127 Å². The Hall–Kier alpha value is -4.96. The number of aromatic nitrogens is 3. The van der Waals surface area contributed by atoms with Crippen LogP contribution in [-0.2, 0) is 7.05 Å². The molecular weight excluding hydrogens is 466 g/mol. The third-order valence-electron chi connectivity index (χ3n) is 7.26. The summed E-state index contributed by atoms with van der Waals surface area (Å²) in [5.41, 5.74) is 10.6. The molecule has 0 saturated heterocycles. The molecule has 7 aromatic rings. The first-order valence-electron chi connectivity index (χ1n) is 12.8. The van der Waals surface area contributed by atoms with E-state index in [0.717, 1.165) is 50.3 Å². The van der Waals surface area contributed by atoms with Gasteiger partial charge in [-0.25, -0.2) is 9.55 Å². The van der Waals surface area contributed by atoms with E-state index in [1.807, 2.05) is 42.5 Å². The highest BCUT2D eigenvalue weighted by Crippen LogP contribution is 2.37. The van der Waals surface area contributed by atoms with Crippen LogP contribution in [0.2, 0.25) is 0 Å². The predicted octanol–water partition coefficient (Wildman–Crippen LogP) is 7.91. The standard InChI is InChI=1S/C34H26N3O/c1-23-17-22-28-32(38-33(35-28)26-13-7-4-8-14-26)31(23)34-36(2)29-15-9-10-16-30(29)37(34)27-20-18-25(19-21-27)24-11-5-3-6-12-24/h3-22H,1-2H3/q+1. The zero-order valence-corrected chi connectivity index (χ0v) is 21.3. The Balaban J connectivity index is 1.48. The maximum absolute atomic E-state index is 6.50. The third kappa shape index (κ3) is 3.53. The number of hydrogen-bond acceptors (Lipinski definition) is 2. The van der Waals surface area contributed by atoms with Crippen LogP contribution in [0.5, 0.6) is 0 Å². The van der Waals surface area contributed by atoms with E-state index in [4.69, 9.17) is 9.40 Å². The van der Waals surface area contributed by atoms with Crippen LogP contribution >= 0.6 is 0 Å². The molecule has 4 nitrogen and oxygen atoms in total. The van der Waals surface area contributed by atoms with Gasteiger partial charge in [0, 0.05) is 5.56 Å². The van der Waals surface area contributed by atoms with Crippen LogP contribution in [-0.4, -0.2) is 9.55 Å². The molecule has 2 aromatic heterocycles. The van der Waals surface area contributed by atoms with Crippen LogP contribution in [0.4, 0.5) is 0 Å². The summed E-state index contributed by atoms with van der Waals surface area (Å²) >= 11 is 0. The fourth-order valence-electron chi connectivity index (χ4n) is 5.36. The molecule has 0 bridgehead atoms. The average molecular weight is 493 g/mol. The molecule has 2 heterocycles. The second-order valence-electron chi connectivity index (χ2n) is 9.61. The summed E-state index contributed by atoms with van der Waals surface area (Å²) in [7, 11) is 2.12. The number of fused-ring (bicyclic) bond motifs is 2. The van der Waals surface area contributed by atoms with Gasteiger partial charge in [-0.3, -0.25) is 0 Å². The van der Waals surface area contributed by atoms with Gasteiger partial charge in [0.05, 0.1) is 7.05 Å². The molecule has 182 valence electrons. The quantitative estimate of drug-likeness (QED) is 0.234. The van der Waals surface area contributed by atoms with Crippen LogP contribution in [0.3, 0.4) is 0 Å². The number of oxazole rings is 1. The molecule has 0 radical (unpaired) electrons. The van der Waals surface area contributed by atoms with E-state index in [-0.39, 0.29) is 0 Å². The summed E-state index contributed by atoms with van der Waals surface area (Å²) in [4.78, 5) is 4.86. The van der Waals surface area contributed by atoms with Crippen molar-refractivity contribution >= 4 is 22.1 Å². The summed E-state index contributed by atoms with van der Waals surface area (Å²) in [6, 6.07) is 42.0. The van der Waals surface area contributed by atoms with E-state index < -0.39 is 0 Å². The Morgan fingerprint density at radius 3 is 2.03 bits per heavy atom. The molecule has 7 rings (SSSR count). The second kappa shape index (κ2) is 8.86. The van der Waals surface area contributed by atoms with Crippen LogP contribution in [0.25, 0.3) is 61.8 Å². The molecule has 0 aliphatic carbocycles. The van der Waals surface area contributed by atoms with Crippen molar-refractivity contribution in [3.63, 3.8) is 0 Å². The van der Waals surface area contributed by atoms with E-state index >= 15 is 0 Å². The summed E-state index contributed by atoms with van der Waals surface area (Å²) in [5, 5.41) is 0. The molecule has 0 N–H and O–H groups in total. The molecule has 0 aliphatic heterocycles. The number of benzene rings is 5. The largest absolute Gasteiger partial charge is 0.435 e. The molecule has 4 heteroatoms. The highest BCUT2D eigenvalue weighted by Gasteiger charge is 2.30. The maximum atomic E-state index is 6.50. The topological polar surface area (TPSA) is 34.8 Å². The van der Waals surface area contributed by atoms with Crippen LogP contribution in [0, 0.1) is 6.92 Å². The zero-order chi connectivity index (χ0) is 25.6. The van der Waals surface area contributed by atoms with Gasteiger partial charge in [-0.2, -0.15) is 4.57 Å². The number of hydrogen-bond donors (Lipinski definition) is 0. The minimum atomic E-state index is 0.630. The van der Waals surface area contributed by atoms with Crippen molar-refractivity contribution < 1.29 is 8.98 Å². The Bertz CT molecular complexity index is 1910. The maximum Gasteiger partial charge on any atom is 0.299 e. The van der Waals surface area contributed by atoms with Crippen molar-refractivity contribution in [2.24, 2.45) is 7.05 Å². The van der Waals surface area contributed by atoms with Gasteiger partial charge in [-0.15, -0.1) is 0 Å². The molecule has 5 aromatic carbocycles. The number of aryl methyl sites for hydroxylation is 2. The van der Waals surface area contributed by atoms with E-state index in [2.05, 4.69) is 102 Å². The number of nitrogens with zero attached hydrogens (tertiary/aromatic N) is 3. The summed E-state index contributed by atoms with van der Waals surface area (Å²) in [6.07, 6.45) is 0. The molecule has 38 heavy (non-hydrogen) atoms. The lowest BCUT2D eigenvalue weighted by molar-refractivity contribution is -0.633. The first-order valence-corrected chi connectivity index (χ1v) is 12.8. The van der Waals surface area contributed by atoms with Crippen molar-refractivity contribution in [2.45, 2.75) is 6.92 Å². The van der Waals surface area contributed by atoms with Crippen LogP contribution in [0.1, 0.15) is 5.56 Å². The van der Waals surface area contributed by atoms with E-state index in [1.165, 1.54) is 11.1 Å².